The lowest BCUT2D eigenvalue weighted by Crippen LogP contribution is -2.13. The Hall–Kier alpha value is -2.81. The van der Waals surface area contributed by atoms with Crippen LogP contribution in [0, 0.1) is 11.6 Å². The summed E-state index contributed by atoms with van der Waals surface area (Å²) in [5.41, 5.74) is 1.17. The minimum Gasteiger partial charge on any atom is -0.280 e. The number of nitrogens with one attached hydrogen (secondary N) is 1. The highest BCUT2D eigenvalue weighted by molar-refractivity contribution is 7.92. The summed E-state index contributed by atoms with van der Waals surface area (Å²) in [5, 5.41) is 3.97. The molecule has 0 fully saturated rings. The molecule has 0 spiro atoms. The first-order valence-corrected chi connectivity index (χ1v) is 8.31. The van der Waals surface area contributed by atoms with E-state index in [9.17, 15) is 17.2 Å². The monoisotopic (exact) mass is 350 g/mol. The Morgan fingerprint density at radius 2 is 1.71 bits per heavy atom. The maximum absolute atomic E-state index is 13.2. The van der Waals surface area contributed by atoms with Crippen molar-refractivity contribution in [1.82, 2.24) is 14.8 Å². The molecular weight excluding hydrogens is 338 g/mol. The molecule has 0 unspecified atom stereocenters. The zero-order chi connectivity index (χ0) is 17.2. The highest BCUT2D eigenvalue weighted by atomic mass is 32.2. The molecule has 3 rings (SSSR count). The molecule has 24 heavy (non-hydrogen) atoms. The van der Waals surface area contributed by atoms with Crippen LogP contribution in [-0.4, -0.2) is 23.2 Å². The molecule has 0 radical (unpaired) electrons. The van der Waals surface area contributed by atoms with Crippen molar-refractivity contribution >= 4 is 15.7 Å². The van der Waals surface area contributed by atoms with Gasteiger partial charge in [0.05, 0.1) is 11.4 Å². The summed E-state index contributed by atoms with van der Waals surface area (Å²) in [6.07, 6.45) is 2.98. The first-order chi connectivity index (χ1) is 11.4. The number of aromatic nitrogens is 3. The number of benzene rings is 2. The third kappa shape index (κ3) is 3.74. The van der Waals surface area contributed by atoms with E-state index in [4.69, 9.17) is 0 Å². The zero-order valence-electron chi connectivity index (χ0n) is 12.2. The van der Waals surface area contributed by atoms with Crippen molar-refractivity contribution in [2.75, 3.05) is 4.72 Å². The molecule has 0 aliphatic carbocycles. The van der Waals surface area contributed by atoms with Crippen LogP contribution in [0.4, 0.5) is 14.5 Å². The third-order valence-corrected chi connectivity index (χ3v) is 4.52. The Labute approximate surface area is 136 Å². The Morgan fingerprint density at radius 3 is 2.29 bits per heavy atom. The van der Waals surface area contributed by atoms with Crippen molar-refractivity contribution in [3.63, 3.8) is 0 Å². The maximum Gasteiger partial charge on any atom is 0.262 e. The molecule has 0 atom stereocenters. The van der Waals surface area contributed by atoms with Crippen molar-refractivity contribution in [2.24, 2.45) is 0 Å². The Bertz CT molecular complexity index is 922. The Morgan fingerprint density at radius 1 is 1.04 bits per heavy atom. The predicted octanol–water partition coefficient (Wildman–Crippen LogP) is 2.41. The van der Waals surface area contributed by atoms with Crippen LogP contribution in [0.3, 0.4) is 0 Å². The molecule has 1 aromatic heterocycles. The second kappa shape index (κ2) is 6.36. The third-order valence-electron chi connectivity index (χ3n) is 3.16. The average molecular weight is 350 g/mol. The standard InChI is InChI=1S/C15H12F2N4O2S/c16-12-5-13(17)7-15(6-12)24(22,23)20-14-3-1-11(2-4-14)8-21-10-18-9-19-21/h1-7,9-10,20H,8H2. The van der Waals surface area contributed by atoms with Gasteiger partial charge in [0.25, 0.3) is 10.0 Å². The fourth-order valence-electron chi connectivity index (χ4n) is 2.08. The lowest BCUT2D eigenvalue weighted by molar-refractivity contribution is 0.568. The largest absolute Gasteiger partial charge is 0.280 e. The summed E-state index contributed by atoms with van der Waals surface area (Å²) in [7, 11) is -4.08. The second-order valence-electron chi connectivity index (χ2n) is 5.00. The molecule has 9 heteroatoms. The smallest absolute Gasteiger partial charge is 0.262 e. The second-order valence-corrected chi connectivity index (χ2v) is 6.68. The molecule has 0 saturated carbocycles. The summed E-state index contributed by atoms with van der Waals surface area (Å²) in [6.45, 7) is 0.488. The number of rotatable bonds is 5. The fraction of sp³-hybridized carbons (Fsp3) is 0.0667. The van der Waals surface area contributed by atoms with Crippen LogP contribution in [-0.2, 0) is 16.6 Å². The van der Waals surface area contributed by atoms with E-state index in [-0.39, 0.29) is 5.69 Å². The van der Waals surface area contributed by atoms with Gasteiger partial charge in [0.15, 0.2) is 0 Å². The number of nitrogens with zero attached hydrogens (tertiary/aromatic N) is 3. The van der Waals surface area contributed by atoms with Crippen LogP contribution in [0.25, 0.3) is 0 Å². The van der Waals surface area contributed by atoms with E-state index in [0.29, 0.717) is 12.6 Å². The van der Waals surface area contributed by atoms with Gasteiger partial charge in [-0.3, -0.25) is 4.72 Å². The van der Waals surface area contributed by atoms with Crippen LogP contribution in [0.1, 0.15) is 5.56 Å². The maximum atomic E-state index is 13.2. The average Bonchev–Trinajstić information content (AvgIpc) is 3.01. The quantitative estimate of drug-likeness (QED) is 0.767. The molecule has 1 heterocycles. The molecular formula is C15H12F2N4O2S. The topological polar surface area (TPSA) is 76.9 Å². The number of hydrogen-bond acceptors (Lipinski definition) is 4. The fourth-order valence-corrected chi connectivity index (χ4v) is 3.18. The van der Waals surface area contributed by atoms with Gasteiger partial charge in [-0.15, -0.1) is 0 Å². The molecule has 1 N–H and O–H groups in total. The van der Waals surface area contributed by atoms with Gasteiger partial charge < -0.3 is 0 Å². The molecule has 3 aromatic rings. The highest BCUT2D eigenvalue weighted by Gasteiger charge is 2.16. The van der Waals surface area contributed by atoms with Crippen molar-refractivity contribution in [3.05, 3.63) is 72.3 Å². The summed E-state index contributed by atoms with van der Waals surface area (Å²) in [6, 6.07) is 8.66. The van der Waals surface area contributed by atoms with E-state index in [2.05, 4.69) is 14.8 Å². The number of anilines is 1. The van der Waals surface area contributed by atoms with E-state index < -0.39 is 26.6 Å². The van der Waals surface area contributed by atoms with Gasteiger partial charge in [-0.2, -0.15) is 5.10 Å². The van der Waals surface area contributed by atoms with E-state index in [1.54, 1.807) is 35.3 Å². The van der Waals surface area contributed by atoms with Crippen LogP contribution >= 0.6 is 0 Å². The molecule has 0 bridgehead atoms. The Balaban J connectivity index is 1.77. The van der Waals surface area contributed by atoms with Gasteiger partial charge in [-0.25, -0.2) is 26.9 Å². The normalized spacial score (nSPS) is 11.4. The number of halogens is 2. The predicted molar refractivity (Wildman–Crippen MR) is 82.7 cm³/mol. The molecule has 6 nitrogen and oxygen atoms in total. The van der Waals surface area contributed by atoms with Crippen molar-refractivity contribution in [3.8, 4) is 0 Å². The minimum atomic E-state index is -4.08. The van der Waals surface area contributed by atoms with Gasteiger partial charge in [-0.1, -0.05) is 12.1 Å². The van der Waals surface area contributed by atoms with Crippen LogP contribution in [0.5, 0.6) is 0 Å². The summed E-state index contributed by atoms with van der Waals surface area (Å²) in [4.78, 5) is 3.35. The summed E-state index contributed by atoms with van der Waals surface area (Å²) < 4.78 is 54.6. The molecule has 0 aliphatic rings. The zero-order valence-corrected chi connectivity index (χ0v) is 13.0. The van der Waals surface area contributed by atoms with Crippen molar-refractivity contribution < 1.29 is 17.2 Å². The SMILES string of the molecule is O=S(=O)(Nc1ccc(Cn2cncn2)cc1)c1cc(F)cc(F)c1. The lowest BCUT2D eigenvalue weighted by atomic mass is 10.2. The van der Waals surface area contributed by atoms with E-state index in [1.807, 2.05) is 0 Å². The first-order valence-electron chi connectivity index (χ1n) is 6.83. The van der Waals surface area contributed by atoms with Gasteiger partial charge >= 0.3 is 0 Å². The number of sulfonamides is 1. The van der Waals surface area contributed by atoms with Crippen molar-refractivity contribution in [1.29, 1.82) is 0 Å². The van der Waals surface area contributed by atoms with Gasteiger partial charge in [0.2, 0.25) is 0 Å². The van der Waals surface area contributed by atoms with Gasteiger partial charge in [0.1, 0.15) is 24.3 Å². The minimum absolute atomic E-state index is 0.280. The van der Waals surface area contributed by atoms with Crippen LogP contribution in [0.2, 0.25) is 0 Å². The molecule has 2 aromatic carbocycles. The van der Waals surface area contributed by atoms with E-state index in [0.717, 1.165) is 17.7 Å². The van der Waals surface area contributed by atoms with Gasteiger partial charge in [0, 0.05) is 11.8 Å². The molecule has 0 saturated heterocycles. The van der Waals surface area contributed by atoms with Crippen LogP contribution < -0.4 is 4.72 Å². The first kappa shape index (κ1) is 16.1. The molecule has 124 valence electrons. The highest BCUT2D eigenvalue weighted by Crippen LogP contribution is 2.19. The van der Waals surface area contributed by atoms with Crippen molar-refractivity contribution in [2.45, 2.75) is 11.4 Å². The van der Waals surface area contributed by atoms with Crippen LogP contribution in [0.15, 0.2) is 60.0 Å². The Kier molecular flexibility index (Phi) is 4.26. The molecule has 0 amide bonds. The van der Waals surface area contributed by atoms with Gasteiger partial charge in [-0.05, 0) is 29.8 Å². The van der Waals surface area contributed by atoms with E-state index >= 15 is 0 Å². The lowest BCUT2D eigenvalue weighted by Gasteiger charge is -2.09. The number of hydrogen-bond donors (Lipinski definition) is 1. The summed E-state index contributed by atoms with van der Waals surface area (Å²) in [5.74, 6) is -1.92. The van der Waals surface area contributed by atoms with E-state index in [1.165, 1.54) is 6.33 Å². The summed E-state index contributed by atoms with van der Waals surface area (Å²) >= 11 is 0. The molecule has 0 aliphatic heterocycles.